The molecular formula is C14H19NO4S. The zero-order valence-corrected chi connectivity index (χ0v) is 12.5. The van der Waals surface area contributed by atoms with Gasteiger partial charge in [0.2, 0.25) is 0 Å². The number of aliphatic carboxylic acids is 1. The van der Waals surface area contributed by atoms with Crippen molar-refractivity contribution in [2.45, 2.75) is 26.3 Å². The quantitative estimate of drug-likeness (QED) is 0.901. The molecule has 0 saturated carbocycles. The first-order valence-corrected chi connectivity index (χ1v) is 7.60. The van der Waals surface area contributed by atoms with Crippen LogP contribution in [0.25, 0.3) is 0 Å². The second-order valence-corrected chi connectivity index (χ2v) is 5.93. The summed E-state index contributed by atoms with van der Waals surface area (Å²) in [5.74, 6) is -1.64. The van der Waals surface area contributed by atoms with Gasteiger partial charge in [-0.25, -0.2) is 0 Å². The molecule has 20 heavy (non-hydrogen) atoms. The van der Waals surface area contributed by atoms with Crippen molar-refractivity contribution in [2.75, 3.05) is 19.8 Å². The van der Waals surface area contributed by atoms with E-state index in [1.165, 1.54) is 11.3 Å². The molecule has 1 aromatic heterocycles. The van der Waals surface area contributed by atoms with E-state index in [2.05, 4.69) is 0 Å². The number of hydrogen-bond donors (Lipinski definition) is 1. The zero-order chi connectivity index (χ0) is 14.7. The fraction of sp³-hybridized carbons (Fsp3) is 0.571. The maximum atomic E-state index is 12.5. The summed E-state index contributed by atoms with van der Waals surface area (Å²) in [5.41, 5.74) is 0. The molecule has 6 heteroatoms. The number of aryl methyl sites for hydroxylation is 1. The second kappa shape index (κ2) is 6.37. The summed E-state index contributed by atoms with van der Waals surface area (Å²) in [4.78, 5) is 27.2. The van der Waals surface area contributed by atoms with Crippen LogP contribution < -0.4 is 0 Å². The van der Waals surface area contributed by atoms with Gasteiger partial charge in [0.1, 0.15) is 5.92 Å². The number of carbonyl (C=O) groups excluding carboxylic acids is 1. The van der Waals surface area contributed by atoms with Gasteiger partial charge in [0.15, 0.2) is 0 Å². The molecule has 0 bridgehead atoms. The number of carboxylic acids is 1. The Morgan fingerprint density at radius 2 is 2.15 bits per heavy atom. The van der Waals surface area contributed by atoms with Crippen LogP contribution in [0.2, 0.25) is 0 Å². The minimum atomic E-state index is -0.904. The van der Waals surface area contributed by atoms with Crippen molar-refractivity contribution in [1.29, 1.82) is 0 Å². The van der Waals surface area contributed by atoms with Gasteiger partial charge >= 0.3 is 5.97 Å². The Balaban J connectivity index is 2.18. The monoisotopic (exact) mass is 297 g/mol. The molecular weight excluding hydrogens is 278 g/mol. The molecule has 1 amide bonds. The number of carboxylic acid groups (broad SMARTS) is 1. The van der Waals surface area contributed by atoms with Crippen LogP contribution in [0.5, 0.6) is 0 Å². The standard InChI is InChI=1S/C14H19NO4S/c1-3-9-5-6-12(20-9)13(16)15(4-2)11-8-19-7-10(11)14(17)18/h5-6,10-11H,3-4,7-8H2,1-2H3,(H,17,18). The second-order valence-electron chi connectivity index (χ2n) is 4.76. The molecule has 2 rings (SSSR count). The van der Waals surface area contributed by atoms with E-state index < -0.39 is 11.9 Å². The minimum Gasteiger partial charge on any atom is -0.481 e. The highest BCUT2D eigenvalue weighted by atomic mass is 32.1. The minimum absolute atomic E-state index is 0.0982. The van der Waals surface area contributed by atoms with Gasteiger partial charge in [-0.1, -0.05) is 6.92 Å². The molecule has 0 spiro atoms. The number of hydrogen-bond acceptors (Lipinski definition) is 4. The summed E-state index contributed by atoms with van der Waals surface area (Å²) in [6, 6.07) is 3.39. The predicted octanol–water partition coefficient (Wildman–Crippen LogP) is 1.87. The maximum Gasteiger partial charge on any atom is 0.311 e. The van der Waals surface area contributed by atoms with Crippen LogP contribution in [0.1, 0.15) is 28.4 Å². The average molecular weight is 297 g/mol. The van der Waals surface area contributed by atoms with Crippen molar-refractivity contribution in [1.82, 2.24) is 4.90 Å². The molecule has 1 aliphatic heterocycles. The molecule has 110 valence electrons. The molecule has 0 aliphatic carbocycles. The molecule has 2 atom stereocenters. The van der Waals surface area contributed by atoms with Crippen molar-refractivity contribution >= 4 is 23.2 Å². The first-order valence-electron chi connectivity index (χ1n) is 6.78. The number of nitrogens with zero attached hydrogens (tertiary/aromatic N) is 1. The van der Waals surface area contributed by atoms with Crippen molar-refractivity contribution in [2.24, 2.45) is 5.92 Å². The van der Waals surface area contributed by atoms with Crippen LogP contribution in [0.4, 0.5) is 0 Å². The summed E-state index contributed by atoms with van der Waals surface area (Å²) < 4.78 is 5.25. The highest BCUT2D eigenvalue weighted by Crippen LogP contribution is 2.25. The molecule has 5 nitrogen and oxygen atoms in total. The lowest BCUT2D eigenvalue weighted by atomic mass is 10.0. The van der Waals surface area contributed by atoms with Crippen LogP contribution in [0.15, 0.2) is 12.1 Å². The van der Waals surface area contributed by atoms with E-state index >= 15 is 0 Å². The van der Waals surface area contributed by atoms with Gasteiger partial charge < -0.3 is 14.7 Å². The van der Waals surface area contributed by atoms with Crippen LogP contribution in [-0.4, -0.2) is 47.7 Å². The van der Waals surface area contributed by atoms with E-state index in [4.69, 9.17) is 4.74 Å². The molecule has 2 heterocycles. The number of thiophene rings is 1. The lowest BCUT2D eigenvalue weighted by Crippen LogP contribution is -2.46. The Kier molecular flexibility index (Phi) is 4.77. The smallest absolute Gasteiger partial charge is 0.311 e. The molecule has 1 saturated heterocycles. The topological polar surface area (TPSA) is 66.8 Å². The fourth-order valence-corrected chi connectivity index (χ4v) is 3.34. The fourth-order valence-electron chi connectivity index (χ4n) is 2.44. The SMILES string of the molecule is CCc1ccc(C(=O)N(CC)C2COCC2C(=O)O)s1. The van der Waals surface area contributed by atoms with E-state index in [9.17, 15) is 14.7 Å². The van der Waals surface area contributed by atoms with Crippen molar-refractivity contribution in [3.63, 3.8) is 0 Å². The highest BCUT2D eigenvalue weighted by molar-refractivity contribution is 7.14. The van der Waals surface area contributed by atoms with Gasteiger partial charge in [-0.05, 0) is 25.5 Å². The van der Waals surface area contributed by atoms with Gasteiger partial charge in [0.05, 0.1) is 24.1 Å². The Labute approximate surface area is 122 Å². The summed E-state index contributed by atoms with van der Waals surface area (Å²) in [7, 11) is 0. The zero-order valence-electron chi connectivity index (χ0n) is 11.7. The van der Waals surface area contributed by atoms with Gasteiger partial charge in [0, 0.05) is 11.4 Å². The summed E-state index contributed by atoms with van der Waals surface area (Å²) in [6.45, 7) is 4.86. The third-order valence-corrected chi connectivity index (χ3v) is 4.81. The molecule has 0 aromatic carbocycles. The van der Waals surface area contributed by atoms with E-state index in [1.54, 1.807) is 4.90 Å². The number of ether oxygens (including phenoxy) is 1. The molecule has 1 aromatic rings. The van der Waals surface area contributed by atoms with E-state index in [-0.39, 0.29) is 18.6 Å². The van der Waals surface area contributed by atoms with Gasteiger partial charge in [-0.3, -0.25) is 9.59 Å². The first-order chi connectivity index (χ1) is 9.58. The number of carbonyl (C=O) groups is 2. The molecule has 1 aliphatic rings. The van der Waals surface area contributed by atoms with E-state index in [0.717, 1.165) is 11.3 Å². The molecule has 1 N–H and O–H groups in total. The van der Waals surface area contributed by atoms with E-state index in [1.807, 2.05) is 26.0 Å². The van der Waals surface area contributed by atoms with Crippen molar-refractivity contribution < 1.29 is 19.4 Å². The van der Waals surface area contributed by atoms with Gasteiger partial charge in [0.25, 0.3) is 5.91 Å². The first kappa shape index (κ1) is 15.0. The van der Waals surface area contributed by atoms with Crippen LogP contribution in [0, 0.1) is 5.92 Å². The lowest BCUT2D eigenvalue weighted by molar-refractivity contribution is -0.142. The largest absolute Gasteiger partial charge is 0.481 e. The number of likely N-dealkylation sites (N-methyl/N-ethyl adjacent to an activating group) is 1. The third-order valence-electron chi connectivity index (χ3n) is 3.59. The third kappa shape index (κ3) is 2.86. The Bertz CT molecular complexity index is 499. The van der Waals surface area contributed by atoms with Crippen molar-refractivity contribution in [3.05, 3.63) is 21.9 Å². The number of rotatable bonds is 5. The van der Waals surface area contributed by atoms with E-state index in [0.29, 0.717) is 18.0 Å². The lowest BCUT2D eigenvalue weighted by Gasteiger charge is -2.28. The summed E-state index contributed by atoms with van der Waals surface area (Å²) >= 11 is 1.47. The average Bonchev–Trinajstić information content (AvgIpc) is 3.08. The summed E-state index contributed by atoms with van der Waals surface area (Å²) in [6.07, 6.45) is 0.897. The van der Waals surface area contributed by atoms with Crippen LogP contribution in [0.3, 0.4) is 0 Å². The van der Waals surface area contributed by atoms with Gasteiger partial charge in [-0.15, -0.1) is 11.3 Å². The summed E-state index contributed by atoms with van der Waals surface area (Å²) in [5, 5.41) is 9.21. The maximum absolute atomic E-state index is 12.5. The molecule has 1 fully saturated rings. The van der Waals surface area contributed by atoms with Crippen LogP contribution >= 0.6 is 11.3 Å². The molecule has 0 radical (unpaired) electrons. The number of amides is 1. The molecule has 2 unspecified atom stereocenters. The Morgan fingerprint density at radius 3 is 2.70 bits per heavy atom. The highest BCUT2D eigenvalue weighted by Gasteiger charge is 2.39. The van der Waals surface area contributed by atoms with Crippen LogP contribution in [-0.2, 0) is 16.0 Å². The normalized spacial score (nSPS) is 21.9. The Morgan fingerprint density at radius 1 is 1.40 bits per heavy atom. The van der Waals surface area contributed by atoms with Crippen molar-refractivity contribution in [3.8, 4) is 0 Å². The predicted molar refractivity (Wildman–Crippen MR) is 76.1 cm³/mol. The Hall–Kier alpha value is -1.40. The van der Waals surface area contributed by atoms with Gasteiger partial charge in [-0.2, -0.15) is 0 Å².